The van der Waals surface area contributed by atoms with Gasteiger partial charge in [-0.2, -0.15) is 0 Å². The average Bonchev–Trinajstić information content (AvgIpc) is 2.91. The van der Waals surface area contributed by atoms with Crippen LogP contribution in [0.25, 0.3) is 11.1 Å². The van der Waals surface area contributed by atoms with Crippen LogP contribution < -0.4 is 0 Å². The number of hydrogen-bond donors (Lipinski definition) is 1. The summed E-state index contributed by atoms with van der Waals surface area (Å²) in [7, 11) is 2.53. The third-order valence-corrected chi connectivity index (χ3v) is 2.74. The quantitative estimate of drug-likeness (QED) is 0.858. The van der Waals surface area contributed by atoms with E-state index in [0.717, 1.165) is 5.56 Å². The monoisotopic (exact) mass is 259 g/mol. The molecule has 0 saturated heterocycles. The van der Waals surface area contributed by atoms with E-state index in [2.05, 4.69) is 9.72 Å². The van der Waals surface area contributed by atoms with Gasteiger partial charge in [0.25, 0.3) is 0 Å². The van der Waals surface area contributed by atoms with Gasteiger partial charge in [-0.1, -0.05) is 30.3 Å². The van der Waals surface area contributed by atoms with Crippen molar-refractivity contribution in [2.75, 3.05) is 14.2 Å². The predicted molar refractivity (Wildman–Crippen MR) is 68.9 cm³/mol. The Kier molecular flexibility index (Phi) is 3.66. The number of aromatic amines is 1. The largest absolute Gasteiger partial charge is 0.465 e. The molecule has 5 heteroatoms. The van der Waals surface area contributed by atoms with E-state index in [-0.39, 0.29) is 11.3 Å². The molecule has 0 amide bonds. The minimum Gasteiger partial charge on any atom is -0.465 e. The molecular weight excluding hydrogens is 246 g/mol. The number of H-pyrrole nitrogens is 1. The fraction of sp³-hybridized carbons (Fsp3) is 0.143. The van der Waals surface area contributed by atoms with Gasteiger partial charge in [0.1, 0.15) is 5.69 Å². The van der Waals surface area contributed by atoms with E-state index < -0.39 is 11.9 Å². The van der Waals surface area contributed by atoms with Gasteiger partial charge in [0, 0.05) is 11.8 Å². The first-order valence-electron chi connectivity index (χ1n) is 5.62. The van der Waals surface area contributed by atoms with E-state index >= 15 is 0 Å². The van der Waals surface area contributed by atoms with Crippen molar-refractivity contribution < 1.29 is 19.1 Å². The molecule has 0 saturated carbocycles. The Bertz CT molecular complexity index is 601. The minimum atomic E-state index is -0.609. The van der Waals surface area contributed by atoms with Gasteiger partial charge in [-0.3, -0.25) is 0 Å². The summed E-state index contributed by atoms with van der Waals surface area (Å²) >= 11 is 0. The summed E-state index contributed by atoms with van der Waals surface area (Å²) in [5.41, 5.74) is 1.69. The zero-order chi connectivity index (χ0) is 13.8. The molecule has 0 aliphatic carbocycles. The van der Waals surface area contributed by atoms with Gasteiger partial charge in [-0.05, 0) is 5.56 Å². The Labute approximate surface area is 110 Å². The summed E-state index contributed by atoms with van der Waals surface area (Å²) in [4.78, 5) is 26.3. The molecule has 1 N–H and O–H groups in total. The standard InChI is InChI=1S/C14H13NO4/c1-18-13(16)11-10(9-6-4-3-5-7-9)8-15-12(11)14(17)19-2/h3-8,15H,1-2H3. The highest BCUT2D eigenvalue weighted by atomic mass is 16.5. The molecule has 0 aliphatic rings. The summed E-state index contributed by atoms with van der Waals surface area (Å²) < 4.78 is 9.37. The summed E-state index contributed by atoms with van der Waals surface area (Å²) in [6.07, 6.45) is 1.59. The van der Waals surface area contributed by atoms with Crippen molar-refractivity contribution in [1.29, 1.82) is 0 Å². The lowest BCUT2D eigenvalue weighted by Gasteiger charge is -2.04. The van der Waals surface area contributed by atoms with Crippen LogP contribution in [-0.2, 0) is 9.47 Å². The summed E-state index contributed by atoms with van der Waals surface area (Å²) in [5.74, 6) is -1.19. The average molecular weight is 259 g/mol. The normalized spacial score (nSPS) is 10.0. The molecule has 0 atom stereocenters. The molecular formula is C14H13NO4. The summed E-state index contributed by atoms with van der Waals surface area (Å²) in [6.45, 7) is 0. The van der Waals surface area contributed by atoms with Gasteiger partial charge in [0.05, 0.1) is 19.8 Å². The predicted octanol–water partition coefficient (Wildman–Crippen LogP) is 2.25. The van der Waals surface area contributed by atoms with Crippen molar-refractivity contribution in [1.82, 2.24) is 4.98 Å². The maximum Gasteiger partial charge on any atom is 0.355 e. The van der Waals surface area contributed by atoms with E-state index in [0.29, 0.717) is 5.56 Å². The highest BCUT2D eigenvalue weighted by molar-refractivity contribution is 6.07. The molecule has 2 rings (SSSR count). The zero-order valence-electron chi connectivity index (χ0n) is 10.6. The zero-order valence-corrected chi connectivity index (χ0v) is 10.6. The molecule has 0 fully saturated rings. The van der Waals surface area contributed by atoms with Crippen LogP contribution in [0.3, 0.4) is 0 Å². The minimum absolute atomic E-state index is 0.0909. The third-order valence-electron chi connectivity index (χ3n) is 2.74. The number of esters is 2. The Balaban J connectivity index is 2.60. The van der Waals surface area contributed by atoms with Crippen LogP contribution in [0.5, 0.6) is 0 Å². The second-order valence-corrected chi connectivity index (χ2v) is 3.80. The summed E-state index contributed by atoms with van der Waals surface area (Å²) in [6, 6.07) is 9.25. The van der Waals surface area contributed by atoms with Crippen LogP contribution in [0.1, 0.15) is 20.8 Å². The number of carbonyl (C=O) groups excluding carboxylic acids is 2. The third kappa shape index (κ3) is 2.35. The highest BCUT2D eigenvalue weighted by Crippen LogP contribution is 2.27. The number of benzene rings is 1. The summed E-state index contributed by atoms with van der Waals surface area (Å²) in [5, 5.41) is 0. The van der Waals surface area contributed by atoms with Crippen LogP contribution in [0.2, 0.25) is 0 Å². The topological polar surface area (TPSA) is 68.4 Å². The molecule has 2 aromatic rings. The fourth-order valence-corrected chi connectivity index (χ4v) is 1.85. The van der Waals surface area contributed by atoms with Gasteiger partial charge in [-0.25, -0.2) is 9.59 Å². The molecule has 0 unspecified atom stereocenters. The van der Waals surface area contributed by atoms with Crippen molar-refractivity contribution in [3.05, 3.63) is 47.8 Å². The van der Waals surface area contributed by atoms with E-state index in [9.17, 15) is 9.59 Å². The molecule has 98 valence electrons. The molecule has 19 heavy (non-hydrogen) atoms. The lowest BCUT2D eigenvalue weighted by atomic mass is 10.0. The molecule has 0 aliphatic heterocycles. The van der Waals surface area contributed by atoms with Crippen molar-refractivity contribution >= 4 is 11.9 Å². The molecule has 1 heterocycles. The number of rotatable bonds is 3. The first-order chi connectivity index (χ1) is 9.19. The van der Waals surface area contributed by atoms with Crippen molar-refractivity contribution in [3.8, 4) is 11.1 Å². The fourth-order valence-electron chi connectivity index (χ4n) is 1.85. The van der Waals surface area contributed by atoms with Crippen molar-refractivity contribution in [2.45, 2.75) is 0 Å². The number of carbonyl (C=O) groups is 2. The SMILES string of the molecule is COC(=O)c1[nH]cc(-c2ccccc2)c1C(=O)OC. The van der Waals surface area contributed by atoms with Gasteiger partial charge in [-0.15, -0.1) is 0 Å². The molecule has 0 radical (unpaired) electrons. The smallest absolute Gasteiger partial charge is 0.355 e. The van der Waals surface area contributed by atoms with Crippen LogP contribution in [0.4, 0.5) is 0 Å². The van der Waals surface area contributed by atoms with Crippen LogP contribution in [-0.4, -0.2) is 31.1 Å². The molecule has 0 spiro atoms. The maximum absolute atomic E-state index is 11.9. The second-order valence-electron chi connectivity index (χ2n) is 3.80. The van der Waals surface area contributed by atoms with Crippen LogP contribution in [0, 0.1) is 0 Å². The first-order valence-corrected chi connectivity index (χ1v) is 5.62. The Morgan fingerprint density at radius 2 is 1.63 bits per heavy atom. The number of nitrogens with one attached hydrogen (secondary N) is 1. The van der Waals surface area contributed by atoms with Crippen LogP contribution >= 0.6 is 0 Å². The van der Waals surface area contributed by atoms with Gasteiger partial charge >= 0.3 is 11.9 Å². The molecule has 5 nitrogen and oxygen atoms in total. The number of aromatic nitrogens is 1. The van der Waals surface area contributed by atoms with E-state index in [1.807, 2.05) is 30.3 Å². The first kappa shape index (κ1) is 12.9. The van der Waals surface area contributed by atoms with E-state index in [1.54, 1.807) is 6.20 Å². The highest BCUT2D eigenvalue weighted by Gasteiger charge is 2.25. The maximum atomic E-state index is 11.9. The molecule has 1 aromatic heterocycles. The van der Waals surface area contributed by atoms with Crippen molar-refractivity contribution in [2.24, 2.45) is 0 Å². The number of hydrogen-bond acceptors (Lipinski definition) is 4. The lowest BCUT2D eigenvalue weighted by molar-refractivity contribution is 0.0552. The van der Waals surface area contributed by atoms with Crippen molar-refractivity contribution in [3.63, 3.8) is 0 Å². The van der Waals surface area contributed by atoms with Gasteiger partial charge < -0.3 is 14.5 Å². The Hall–Kier alpha value is -2.56. The van der Waals surface area contributed by atoms with Crippen LogP contribution in [0.15, 0.2) is 36.5 Å². The van der Waals surface area contributed by atoms with E-state index in [1.165, 1.54) is 14.2 Å². The Morgan fingerprint density at radius 3 is 2.21 bits per heavy atom. The second kappa shape index (κ2) is 5.39. The molecule has 0 bridgehead atoms. The number of ether oxygens (including phenoxy) is 2. The van der Waals surface area contributed by atoms with Gasteiger partial charge in [0.15, 0.2) is 0 Å². The van der Waals surface area contributed by atoms with E-state index in [4.69, 9.17) is 4.74 Å². The van der Waals surface area contributed by atoms with Gasteiger partial charge in [0.2, 0.25) is 0 Å². The lowest BCUT2D eigenvalue weighted by Crippen LogP contribution is -2.11. The Morgan fingerprint density at radius 1 is 1.00 bits per heavy atom. The number of methoxy groups -OCH3 is 2. The molecule has 1 aromatic carbocycles.